The fourth-order valence-corrected chi connectivity index (χ4v) is 1.72. The lowest BCUT2D eigenvalue weighted by Gasteiger charge is -2.24. The highest BCUT2D eigenvalue weighted by atomic mass is 19.3. The zero-order valence-corrected chi connectivity index (χ0v) is 10.2. The summed E-state index contributed by atoms with van der Waals surface area (Å²) in [7, 11) is 1.74. The molecule has 0 spiro atoms. The predicted octanol–water partition coefficient (Wildman–Crippen LogP) is 1.61. The van der Waals surface area contributed by atoms with Crippen molar-refractivity contribution in [2.24, 2.45) is 0 Å². The largest absolute Gasteiger partial charge is 0.395 e. The van der Waals surface area contributed by atoms with E-state index < -0.39 is 18.8 Å². The van der Waals surface area contributed by atoms with Gasteiger partial charge in [-0.3, -0.25) is 0 Å². The molecule has 0 heterocycles. The van der Waals surface area contributed by atoms with Crippen LogP contribution < -0.4 is 10.2 Å². The van der Waals surface area contributed by atoms with E-state index in [2.05, 4.69) is 5.32 Å². The molecule has 3 nitrogen and oxygen atoms in total. The Labute approximate surface area is 104 Å². The van der Waals surface area contributed by atoms with Crippen molar-refractivity contribution in [1.82, 2.24) is 5.32 Å². The molecular weight excluding hydrogens is 245 g/mol. The van der Waals surface area contributed by atoms with E-state index in [4.69, 9.17) is 5.11 Å². The van der Waals surface area contributed by atoms with E-state index in [9.17, 15) is 13.2 Å². The highest BCUT2D eigenvalue weighted by molar-refractivity contribution is 5.49. The number of hydrogen-bond acceptors (Lipinski definition) is 3. The van der Waals surface area contributed by atoms with Gasteiger partial charge in [0.05, 0.1) is 18.8 Å². The van der Waals surface area contributed by atoms with Crippen LogP contribution >= 0.6 is 0 Å². The number of halogens is 3. The van der Waals surface area contributed by atoms with Gasteiger partial charge < -0.3 is 15.3 Å². The summed E-state index contributed by atoms with van der Waals surface area (Å²) in [4.78, 5) is 1.14. The molecule has 6 heteroatoms. The summed E-state index contributed by atoms with van der Waals surface area (Å²) in [5.41, 5.74) is 0.823. The molecule has 0 radical (unpaired) electrons. The third-order valence-electron chi connectivity index (χ3n) is 2.46. The Morgan fingerprint density at radius 1 is 1.39 bits per heavy atom. The van der Waals surface area contributed by atoms with Crippen LogP contribution in [0.15, 0.2) is 18.2 Å². The second-order valence-corrected chi connectivity index (χ2v) is 3.88. The maximum absolute atomic E-state index is 13.8. The number of anilines is 1. The van der Waals surface area contributed by atoms with Crippen molar-refractivity contribution >= 4 is 5.69 Å². The molecule has 0 amide bonds. The molecule has 0 atom stereocenters. The second-order valence-electron chi connectivity index (χ2n) is 3.88. The molecule has 0 aromatic heterocycles. The Morgan fingerprint density at radius 3 is 2.61 bits per heavy atom. The van der Waals surface area contributed by atoms with Crippen LogP contribution in [0.4, 0.5) is 18.9 Å². The van der Waals surface area contributed by atoms with Crippen LogP contribution in [0, 0.1) is 5.82 Å². The fourth-order valence-electron chi connectivity index (χ4n) is 1.72. The van der Waals surface area contributed by atoms with Crippen LogP contribution in [0.1, 0.15) is 5.56 Å². The van der Waals surface area contributed by atoms with Gasteiger partial charge in [-0.25, -0.2) is 13.2 Å². The number of aliphatic hydroxyl groups excluding tert-OH is 1. The van der Waals surface area contributed by atoms with E-state index in [-0.39, 0.29) is 18.8 Å². The van der Waals surface area contributed by atoms with Crippen molar-refractivity contribution < 1.29 is 18.3 Å². The van der Waals surface area contributed by atoms with Gasteiger partial charge in [0.15, 0.2) is 0 Å². The molecule has 0 aliphatic rings. The van der Waals surface area contributed by atoms with Crippen LogP contribution in [-0.4, -0.2) is 38.3 Å². The monoisotopic (exact) mass is 262 g/mol. The molecule has 0 fully saturated rings. The smallest absolute Gasteiger partial charge is 0.255 e. The maximum Gasteiger partial charge on any atom is 0.255 e. The Bertz CT molecular complexity index is 374. The van der Waals surface area contributed by atoms with Crippen LogP contribution in [-0.2, 0) is 6.54 Å². The minimum atomic E-state index is -2.58. The molecule has 1 rings (SSSR count). The van der Waals surface area contributed by atoms with E-state index in [1.165, 1.54) is 12.1 Å². The molecule has 0 saturated heterocycles. The highest BCUT2D eigenvalue weighted by Gasteiger charge is 2.16. The first-order chi connectivity index (χ1) is 8.58. The molecular formula is C12H17F3N2O. The second kappa shape index (κ2) is 7.23. The standard InChI is InChI=1S/C12H17F3N2O/c1-16-7-9-2-3-11(10(13)6-9)17(4-5-18)8-12(14)15/h2-3,6,12,16,18H,4-5,7-8H2,1H3. The topological polar surface area (TPSA) is 35.5 Å². The fraction of sp³-hybridized carbons (Fsp3) is 0.500. The average molecular weight is 262 g/mol. The van der Waals surface area contributed by atoms with Crippen molar-refractivity contribution in [3.8, 4) is 0 Å². The van der Waals surface area contributed by atoms with Crippen molar-refractivity contribution in [2.75, 3.05) is 31.6 Å². The Kier molecular flexibility index (Phi) is 5.94. The molecule has 1 aromatic rings. The van der Waals surface area contributed by atoms with Gasteiger partial charge in [-0.15, -0.1) is 0 Å². The maximum atomic E-state index is 13.8. The Balaban J connectivity index is 2.90. The van der Waals surface area contributed by atoms with E-state index >= 15 is 0 Å². The van der Waals surface area contributed by atoms with Gasteiger partial charge in [-0.05, 0) is 24.7 Å². The van der Waals surface area contributed by atoms with Crippen molar-refractivity contribution in [1.29, 1.82) is 0 Å². The molecule has 0 aliphatic heterocycles. The van der Waals surface area contributed by atoms with Gasteiger partial charge in [0.2, 0.25) is 0 Å². The number of nitrogens with zero attached hydrogens (tertiary/aromatic N) is 1. The van der Waals surface area contributed by atoms with Crippen molar-refractivity contribution in [3.05, 3.63) is 29.6 Å². The van der Waals surface area contributed by atoms with Crippen molar-refractivity contribution in [2.45, 2.75) is 13.0 Å². The zero-order chi connectivity index (χ0) is 13.5. The normalized spacial score (nSPS) is 11.0. The summed E-state index contributed by atoms with van der Waals surface area (Å²) >= 11 is 0. The summed E-state index contributed by atoms with van der Waals surface area (Å²) in [5.74, 6) is -0.558. The first-order valence-corrected chi connectivity index (χ1v) is 5.65. The predicted molar refractivity (Wildman–Crippen MR) is 64.5 cm³/mol. The Morgan fingerprint density at radius 2 is 2.11 bits per heavy atom. The molecule has 1 aromatic carbocycles. The number of hydrogen-bond donors (Lipinski definition) is 2. The minimum absolute atomic E-state index is 0.0212. The summed E-state index contributed by atoms with van der Waals surface area (Å²) < 4.78 is 38.5. The molecule has 0 saturated carbocycles. The van der Waals surface area contributed by atoms with Gasteiger partial charge in [0.25, 0.3) is 6.43 Å². The van der Waals surface area contributed by atoms with Gasteiger partial charge in [-0.1, -0.05) is 6.07 Å². The number of aliphatic hydroxyl groups is 1. The third-order valence-corrected chi connectivity index (χ3v) is 2.46. The lowest BCUT2D eigenvalue weighted by atomic mass is 10.2. The lowest BCUT2D eigenvalue weighted by molar-refractivity contribution is 0.152. The van der Waals surface area contributed by atoms with Crippen LogP contribution in [0.5, 0.6) is 0 Å². The average Bonchev–Trinajstić information content (AvgIpc) is 2.28. The van der Waals surface area contributed by atoms with Gasteiger partial charge >= 0.3 is 0 Å². The first-order valence-electron chi connectivity index (χ1n) is 5.65. The minimum Gasteiger partial charge on any atom is -0.395 e. The van der Waals surface area contributed by atoms with E-state index in [1.54, 1.807) is 13.1 Å². The van der Waals surface area contributed by atoms with Crippen LogP contribution in [0.25, 0.3) is 0 Å². The molecule has 18 heavy (non-hydrogen) atoms. The van der Waals surface area contributed by atoms with E-state index in [0.717, 1.165) is 10.5 Å². The Hall–Kier alpha value is -1.27. The van der Waals surface area contributed by atoms with Gasteiger partial charge in [-0.2, -0.15) is 0 Å². The van der Waals surface area contributed by atoms with E-state index in [1.807, 2.05) is 0 Å². The summed E-state index contributed by atoms with van der Waals surface area (Å²) in [5, 5.41) is 11.7. The number of rotatable bonds is 7. The zero-order valence-electron chi connectivity index (χ0n) is 10.2. The quantitative estimate of drug-likeness (QED) is 0.783. The van der Waals surface area contributed by atoms with Crippen LogP contribution in [0.2, 0.25) is 0 Å². The SMILES string of the molecule is CNCc1ccc(N(CCO)CC(F)F)c(F)c1. The number of benzene rings is 1. The van der Waals surface area contributed by atoms with Gasteiger partial charge in [0.1, 0.15) is 5.82 Å². The van der Waals surface area contributed by atoms with Crippen molar-refractivity contribution in [3.63, 3.8) is 0 Å². The molecule has 0 aliphatic carbocycles. The molecule has 2 N–H and O–H groups in total. The molecule has 0 unspecified atom stereocenters. The molecule has 0 bridgehead atoms. The third kappa shape index (κ3) is 4.19. The number of alkyl halides is 2. The van der Waals surface area contributed by atoms with Gasteiger partial charge in [0, 0.05) is 13.1 Å². The highest BCUT2D eigenvalue weighted by Crippen LogP contribution is 2.21. The molecule has 102 valence electrons. The van der Waals surface area contributed by atoms with E-state index in [0.29, 0.717) is 6.54 Å². The summed E-state index contributed by atoms with van der Waals surface area (Å²) in [6.07, 6.45) is -2.58. The summed E-state index contributed by atoms with van der Waals surface area (Å²) in [6, 6.07) is 4.44. The first kappa shape index (κ1) is 14.8. The number of nitrogens with one attached hydrogen (secondary N) is 1. The summed E-state index contributed by atoms with van der Waals surface area (Å²) in [6.45, 7) is -0.411. The van der Waals surface area contributed by atoms with Crippen LogP contribution in [0.3, 0.4) is 0 Å². The lowest BCUT2D eigenvalue weighted by Crippen LogP contribution is -2.32.